The summed E-state index contributed by atoms with van der Waals surface area (Å²) in [6.45, 7) is 3.62. The number of rotatable bonds is 4. The maximum absolute atomic E-state index is 10.7. The van der Waals surface area contributed by atoms with Crippen LogP contribution in [-0.4, -0.2) is 18.2 Å². The summed E-state index contributed by atoms with van der Waals surface area (Å²) < 4.78 is 0. The van der Waals surface area contributed by atoms with Crippen LogP contribution in [0.2, 0.25) is 0 Å². The van der Waals surface area contributed by atoms with E-state index in [0.29, 0.717) is 0 Å². The van der Waals surface area contributed by atoms with Crippen LogP contribution in [0.5, 0.6) is 0 Å². The molecule has 0 aliphatic carbocycles. The number of hydrogen-bond acceptors (Lipinski definition) is 3. The van der Waals surface area contributed by atoms with Gasteiger partial charge in [0.25, 0.3) is 0 Å². The molecule has 0 aromatic heterocycles. The summed E-state index contributed by atoms with van der Waals surface area (Å²) in [5, 5.41) is 10.7. The summed E-state index contributed by atoms with van der Waals surface area (Å²) in [5.74, 6) is -1.19. The van der Waals surface area contributed by atoms with E-state index in [1.165, 1.54) is 0 Å². The zero-order chi connectivity index (χ0) is 11.3. The topological polar surface area (TPSA) is 52.5 Å². The van der Waals surface area contributed by atoms with Crippen LogP contribution in [-0.2, 0) is 4.79 Å². The molecular formula is C12H14KNO2. The average Bonchev–Trinajstić information content (AvgIpc) is 2.18. The van der Waals surface area contributed by atoms with Gasteiger partial charge in [-0.2, -0.15) is 0 Å². The van der Waals surface area contributed by atoms with E-state index in [9.17, 15) is 9.90 Å². The third-order valence-electron chi connectivity index (χ3n) is 2.06. The van der Waals surface area contributed by atoms with Gasteiger partial charge in [0, 0.05) is 6.21 Å². The quantitative estimate of drug-likeness (QED) is 0.449. The molecule has 0 bridgehead atoms. The monoisotopic (exact) mass is 243 g/mol. The zero-order valence-corrected chi connectivity index (χ0v) is 13.0. The summed E-state index contributed by atoms with van der Waals surface area (Å²) in [6, 6.07) is 8.63. The molecule has 0 heterocycles. The SMILES string of the molecule is CC(C)[C@H](N=Cc1ccccc1)C(=O)[O-].[K+]. The molecule has 0 N–H and O–H groups in total. The molecule has 1 aromatic carbocycles. The Labute approximate surface area is 138 Å². The molecule has 1 rings (SSSR count). The third-order valence-corrected chi connectivity index (χ3v) is 2.06. The minimum atomic E-state index is -1.13. The molecule has 0 aliphatic rings. The molecule has 0 spiro atoms. The van der Waals surface area contributed by atoms with Crippen molar-refractivity contribution in [2.45, 2.75) is 19.9 Å². The average molecular weight is 243 g/mol. The fraction of sp³-hybridized carbons (Fsp3) is 0.333. The van der Waals surface area contributed by atoms with Crippen molar-refractivity contribution >= 4 is 12.2 Å². The van der Waals surface area contributed by atoms with Gasteiger partial charge in [0.15, 0.2) is 0 Å². The second kappa shape index (κ2) is 8.14. The summed E-state index contributed by atoms with van der Waals surface area (Å²) in [4.78, 5) is 14.7. The number of carbonyl (C=O) groups is 1. The first kappa shape index (κ1) is 16.0. The van der Waals surface area contributed by atoms with Gasteiger partial charge in [0.1, 0.15) is 0 Å². The number of carboxylic acid groups (broad SMARTS) is 1. The molecule has 80 valence electrons. The Morgan fingerprint density at radius 3 is 2.31 bits per heavy atom. The van der Waals surface area contributed by atoms with Crippen LogP contribution in [0.1, 0.15) is 19.4 Å². The molecule has 0 radical (unpaired) electrons. The summed E-state index contributed by atoms with van der Waals surface area (Å²) in [6.07, 6.45) is 1.57. The van der Waals surface area contributed by atoms with Crippen LogP contribution in [0.25, 0.3) is 0 Å². The Morgan fingerprint density at radius 2 is 1.88 bits per heavy atom. The van der Waals surface area contributed by atoms with E-state index < -0.39 is 12.0 Å². The number of carbonyl (C=O) groups excluding carboxylic acids is 1. The first-order valence-corrected chi connectivity index (χ1v) is 4.90. The fourth-order valence-electron chi connectivity index (χ4n) is 1.21. The Kier molecular flexibility index (Phi) is 8.14. The van der Waals surface area contributed by atoms with E-state index in [1.54, 1.807) is 6.21 Å². The van der Waals surface area contributed by atoms with Crippen molar-refractivity contribution in [3.05, 3.63) is 35.9 Å². The van der Waals surface area contributed by atoms with Gasteiger partial charge in [0.05, 0.1) is 12.0 Å². The van der Waals surface area contributed by atoms with Crippen molar-refractivity contribution in [3.8, 4) is 0 Å². The number of benzene rings is 1. The molecule has 0 aliphatic heterocycles. The van der Waals surface area contributed by atoms with Crippen molar-refractivity contribution in [1.82, 2.24) is 0 Å². The van der Waals surface area contributed by atoms with Gasteiger partial charge in [-0.05, 0) is 11.5 Å². The maximum atomic E-state index is 10.7. The minimum Gasteiger partial charge on any atom is -0.548 e. The molecule has 0 unspecified atom stereocenters. The number of aliphatic carboxylic acids is 1. The standard InChI is InChI=1S/C12H15NO2.K/c1-9(2)11(12(14)15)13-8-10-6-4-3-5-7-10;/h3-9,11H,1-2H3,(H,14,15);/q;+1/p-1/t11-;/m0./s1. The smallest absolute Gasteiger partial charge is 0.548 e. The molecule has 1 atom stereocenters. The largest absolute Gasteiger partial charge is 1.00 e. The van der Waals surface area contributed by atoms with E-state index in [4.69, 9.17) is 0 Å². The van der Waals surface area contributed by atoms with E-state index in [-0.39, 0.29) is 57.3 Å². The number of carboxylic acids is 1. The molecule has 3 nitrogen and oxygen atoms in total. The van der Waals surface area contributed by atoms with E-state index >= 15 is 0 Å². The third kappa shape index (κ3) is 5.36. The van der Waals surface area contributed by atoms with Crippen LogP contribution >= 0.6 is 0 Å². The number of hydrogen-bond donors (Lipinski definition) is 0. The molecule has 0 fully saturated rings. The van der Waals surface area contributed by atoms with Gasteiger partial charge in [-0.25, -0.2) is 0 Å². The van der Waals surface area contributed by atoms with Gasteiger partial charge >= 0.3 is 51.4 Å². The van der Waals surface area contributed by atoms with Crippen LogP contribution < -0.4 is 56.5 Å². The van der Waals surface area contributed by atoms with E-state index in [0.717, 1.165) is 5.56 Å². The Balaban J connectivity index is 0.00000225. The van der Waals surface area contributed by atoms with Gasteiger partial charge in [-0.3, -0.25) is 4.99 Å². The number of nitrogens with zero attached hydrogens (tertiary/aromatic N) is 1. The molecular weight excluding hydrogens is 229 g/mol. The molecule has 0 saturated heterocycles. The molecule has 1 aromatic rings. The van der Waals surface area contributed by atoms with Gasteiger partial charge in [-0.1, -0.05) is 44.2 Å². The fourth-order valence-corrected chi connectivity index (χ4v) is 1.21. The van der Waals surface area contributed by atoms with E-state index in [2.05, 4.69) is 4.99 Å². The number of aliphatic imine (C=N–C) groups is 1. The molecule has 16 heavy (non-hydrogen) atoms. The van der Waals surface area contributed by atoms with E-state index in [1.807, 2.05) is 44.2 Å². The van der Waals surface area contributed by atoms with Gasteiger partial charge < -0.3 is 9.90 Å². The van der Waals surface area contributed by atoms with Crippen LogP contribution in [0.3, 0.4) is 0 Å². The molecule has 0 amide bonds. The minimum absolute atomic E-state index is 0. The van der Waals surface area contributed by atoms with Gasteiger partial charge in [0.2, 0.25) is 0 Å². The second-order valence-electron chi connectivity index (χ2n) is 3.70. The normalized spacial score (nSPS) is 12.4. The van der Waals surface area contributed by atoms with Crippen molar-refractivity contribution in [2.24, 2.45) is 10.9 Å². The Morgan fingerprint density at radius 1 is 1.31 bits per heavy atom. The first-order valence-electron chi connectivity index (χ1n) is 4.90. The summed E-state index contributed by atoms with van der Waals surface area (Å²) in [5.41, 5.74) is 0.893. The predicted octanol–water partition coefficient (Wildman–Crippen LogP) is -2.12. The van der Waals surface area contributed by atoms with Crippen LogP contribution in [0.15, 0.2) is 35.3 Å². The van der Waals surface area contributed by atoms with Crippen LogP contribution in [0, 0.1) is 5.92 Å². The van der Waals surface area contributed by atoms with Crippen molar-refractivity contribution in [3.63, 3.8) is 0 Å². The summed E-state index contributed by atoms with van der Waals surface area (Å²) >= 11 is 0. The van der Waals surface area contributed by atoms with Crippen LogP contribution in [0.4, 0.5) is 0 Å². The second-order valence-corrected chi connectivity index (χ2v) is 3.70. The van der Waals surface area contributed by atoms with Crippen molar-refractivity contribution < 1.29 is 61.3 Å². The Bertz CT molecular complexity index is 349. The van der Waals surface area contributed by atoms with Gasteiger partial charge in [-0.15, -0.1) is 0 Å². The van der Waals surface area contributed by atoms with Crippen molar-refractivity contribution in [2.75, 3.05) is 0 Å². The molecule has 0 saturated carbocycles. The summed E-state index contributed by atoms with van der Waals surface area (Å²) in [7, 11) is 0. The molecule has 4 heteroatoms. The zero-order valence-electron chi connectivity index (χ0n) is 9.88. The van der Waals surface area contributed by atoms with Crippen molar-refractivity contribution in [1.29, 1.82) is 0 Å². The first-order chi connectivity index (χ1) is 7.11. The Hall–Kier alpha value is -0.00364. The maximum Gasteiger partial charge on any atom is 1.00 e. The predicted molar refractivity (Wildman–Crippen MR) is 57.7 cm³/mol.